The second-order valence-electron chi connectivity index (χ2n) is 11.2. The van der Waals surface area contributed by atoms with E-state index >= 15 is 0 Å². The molecule has 2 aliphatic rings. The van der Waals surface area contributed by atoms with Crippen molar-refractivity contribution in [3.8, 4) is 5.95 Å². The first-order valence-corrected chi connectivity index (χ1v) is 12.2. The van der Waals surface area contributed by atoms with Crippen LogP contribution in [0.3, 0.4) is 0 Å². The average Bonchev–Trinajstić information content (AvgIpc) is 2.72. The van der Waals surface area contributed by atoms with Gasteiger partial charge in [0.05, 0.1) is 24.9 Å². The first kappa shape index (κ1) is 25.8. The van der Waals surface area contributed by atoms with Crippen LogP contribution >= 0.6 is 0 Å². The smallest absolute Gasteiger partial charge is 0.291 e. The van der Waals surface area contributed by atoms with Crippen molar-refractivity contribution in [3.05, 3.63) is 50.9 Å². The highest BCUT2D eigenvalue weighted by molar-refractivity contribution is 5.33. The maximum absolute atomic E-state index is 13.2. The fraction of sp³-hybridized carbons (Fsp3) is 0.679. The molecular weight excluding hydrogens is 416 g/mol. The Hall–Kier alpha value is -1.85. The van der Waals surface area contributed by atoms with Crippen LogP contribution in [0.15, 0.2) is 33.0 Å². The predicted octanol–water partition coefficient (Wildman–Crippen LogP) is 5.27. The van der Waals surface area contributed by atoms with Crippen LogP contribution in [0.5, 0.6) is 5.95 Å². The Labute approximate surface area is 198 Å². The maximum Gasteiger partial charge on any atom is 0.291 e. The van der Waals surface area contributed by atoms with Crippen molar-refractivity contribution in [3.63, 3.8) is 0 Å². The van der Waals surface area contributed by atoms with Crippen molar-refractivity contribution >= 4 is 0 Å². The average molecular weight is 459 g/mol. The van der Waals surface area contributed by atoms with Crippen molar-refractivity contribution in [2.45, 2.75) is 92.3 Å². The highest BCUT2D eigenvalue weighted by atomic mass is 16.6. The Morgan fingerprint density at radius 2 is 1.97 bits per heavy atom. The third-order valence-electron chi connectivity index (χ3n) is 8.76. The van der Waals surface area contributed by atoms with Crippen LogP contribution in [0.1, 0.15) is 76.7 Å². The molecule has 2 N–H and O–H groups in total. The lowest BCUT2D eigenvalue weighted by molar-refractivity contribution is -0.144. The van der Waals surface area contributed by atoms with Gasteiger partial charge in [-0.25, -0.2) is 0 Å². The van der Waals surface area contributed by atoms with Crippen molar-refractivity contribution in [2.75, 3.05) is 7.11 Å². The number of aliphatic hydroxyl groups excluding tert-OH is 2. The number of hydrogen-bond donors (Lipinski definition) is 2. The molecule has 5 heteroatoms. The molecule has 0 aromatic carbocycles. The summed E-state index contributed by atoms with van der Waals surface area (Å²) >= 11 is 0. The third kappa shape index (κ3) is 4.59. The first-order chi connectivity index (χ1) is 15.3. The van der Waals surface area contributed by atoms with E-state index in [2.05, 4.69) is 20.4 Å². The van der Waals surface area contributed by atoms with Crippen LogP contribution < -0.4 is 10.2 Å². The zero-order chi connectivity index (χ0) is 24.7. The second-order valence-corrected chi connectivity index (χ2v) is 11.2. The molecule has 1 aromatic heterocycles. The Morgan fingerprint density at radius 1 is 1.30 bits per heavy atom. The number of hydrogen-bond acceptors (Lipinski definition) is 5. The number of aryl methyl sites for hydroxylation is 1. The monoisotopic (exact) mass is 458 g/mol. The standard InChI is InChI=1S/C28H42O5/c1-16(2)13-20(29)15-28(7)23-10-9-17(3)22(27(23,6)12-11-24(28)30)14-21-25(31)18(4)19(5)33-26(21)32-8/h13,20,22-24,29-30H,3,9-12,14-15H2,1-2,4-8H3/t20-,22-,23-,24+,27-,28+/m1/s1. The number of allylic oxidation sites excluding steroid dienone is 2. The third-order valence-corrected chi connectivity index (χ3v) is 8.76. The van der Waals surface area contributed by atoms with Crippen LogP contribution in [0, 0.1) is 36.5 Å². The van der Waals surface area contributed by atoms with Gasteiger partial charge in [-0.3, -0.25) is 4.79 Å². The minimum absolute atomic E-state index is 0.0216. The van der Waals surface area contributed by atoms with Crippen LogP contribution in [0.4, 0.5) is 0 Å². The molecule has 5 nitrogen and oxygen atoms in total. The van der Waals surface area contributed by atoms with E-state index in [1.807, 2.05) is 19.9 Å². The molecule has 0 radical (unpaired) electrons. The molecule has 6 atom stereocenters. The van der Waals surface area contributed by atoms with Gasteiger partial charge in [0.25, 0.3) is 5.95 Å². The minimum atomic E-state index is -0.590. The van der Waals surface area contributed by atoms with Gasteiger partial charge < -0.3 is 19.4 Å². The molecule has 2 aliphatic carbocycles. The summed E-state index contributed by atoms with van der Waals surface area (Å²) in [5.41, 5.74) is 2.82. The van der Waals surface area contributed by atoms with Gasteiger partial charge in [-0.1, -0.05) is 37.6 Å². The van der Waals surface area contributed by atoms with E-state index in [9.17, 15) is 15.0 Å². The zero-order valence-corrected chi connectivity index (χ0v) is 21.5. The molecule has 0 unspecified atom stereocenters. The number of ether oxygens (including phenoxy) is 1. The van der Waals surface area contributed by atoms with E-state index in [1.165, 1.54) is 7.11 Å². The molecule has 0 spiro atoms. The zero-order valence-electron chi connectivity index (χ0n) is 21.5. The molecule has 0 bridgehead atoms. The van der Waals surface area contributed by atoms with Gasteiger partial charge in [0.15, 0.2) is 5.43 Å². The fourth-order valence-electron chi connectivity index (χ4n) is 6.84. The SMILES string of the molecule is C=C1CC[C@@H]2[C@](C)(CC[C@H](O)[C@@]2(C)C[C@H](O)C=C(C)C)[C@@H]1Cc1c(OC)oc(C)c(C)c1=O. The summed E-state index contributed by atoms with van der Waals surface area (Å²) < 4.78 is 11.3. The summed E-state index contributed by atoms with van der Waals surface area (Å²) in [7, 11) is 1.54. The van der Waals surface area contributed by atoms with Crippen LogP contribution in [-0.4, -0.2) is 29.5 Å². The van der Waals surface area contributed by atoms with Gasteiger partial charge in [-0.15, -0.1) is 0 Å². The summed E-state index contributed by atoms with van der Waals surface area (Å²) in [4.78, 5) is 13.2. The van der Waals surface area contributed by atoms with Crippen molar-refractivity contribution in [2.24, 2.45) is 22.7 Å². The van der Waals surface area contributed by atoms with Crippen molar-refractivity contribution in [1.82, 2.24) is 0 Å². The van der Waals surface area contributed by atoms with Gasteiger partial charge in [0.2, 0.25) is 0 Å². The molecule has 1 heterocycles. The summed E-state index contributed by atoms with van der Waals surface area (Å²) in [6, 6.07) is 0. The lowest BCUT2D eigenvalue weighted by Gasteiger charge is -2.60. The van der Waals surface area contributed by atoms with E-state index in [0.29, 0.717) is 42.1 Å². The molecule has 1 aromatic rings. The van der Waals surface area contributed by atoms with Crippen LogP contribution in [0.2, 0.25) is 0 Å². The molecule has 3 rings (SSSR count). The lowest BCUT2D eigenvalue weighted by atomic mass is 9.45. The van der Waals surface area contributed by atoms with Gasteiger partial charge >= 0.3 is 0 Å². The molecule has 2 saturated carbocycles. The van der Waals surface area contributed by atoms with E-state index < -0.39 is 17.6 Å². The molecule has 0 amide bonds. The predicted molar refractivity (Wildman–Crippen MR) is 132 cm³/mol. The summed E-state index contributed by atoms with van der Waals surface area (Å²) in [5.74, 6) is 1.14. The normalized spacial score (nSPS) is 32.8. The summed E-state index contributed by atoms with van der Waals surface area (Å²) in [6.07, 6.45) is 5.17. The van der Waals surface area contributed by atoms with Gasteiger partial charge in [-0.05, 0) is 88.9 Å². The first-order valence-electron chi connectivity index (χ1n) is 12.2. The molecule has 2 fully saturated rings. The van der Waals surface area contributed by atoms with Gasteiger partial charge in [-0.2, -0.15) is 0 Å². The number of methoxy groups -OCH3 is 1. The summed E-state index contributed by atoms with van der Waals surface area (Å²) in [6.45, 7) is 16.4. The van der Waals surface area contributed by atoms with E-state index in [0.717, 1.165) is 30.4 Å². The summed E-state index contributed by atoms with van der Waals surface area (Å²) in [5, 5.41) is 21.9. The topological polar surface area (TPSA) is 79.9 Å². The van der Waals surface area contributed by atoms with Gasteiger partial charge in [0.1, 0.15) is 5.76 Å². The lowest BCUT2D eigenvalue weighted by Crippen LogP contribution is -2.57. The molecular formula is C28H42O5. The van der Waals surface area contributed by atoms with Crippen molar-refractivity contribution in [1.29, 1.82) is 0 Å². The molecule has 0 saturated heterocycles. The fourth-order valence-corrected chi connectivity index (χ4v) is 6.84. The molecule has 33 heavy (non-hydrogen) atoms. The second kappa shape index (κ2) is 9.42. The van der Waals surface area contributed by atoms with Crippen LogP contribution in [0.25, 0.3) is 0 Å². The highest BCUT2D eigenvalue weighted by Gasteiger charge is 2.58. The Balaban J connectivity index is 2.03. The van der Waals surface area contributed by atoms with Crippen LogP contribution in [-0.2, 0) is 6.42 Å². The van der Waals surface area contributed by atoms with Gasteiger partial charge in [0, 0.05) is 5.56 Å². The minimum Gasteiger partial charge on any atom is -0.468 e. The Morgan fingerprint density at radius 3 is 2.58 bits per heavy atom. The van der Waals surface area contributed by atoms with E-state index in [1.54, 1.807) is 13.8 Å². The number of aliphatic hydroxyl groups is 2. The number of rotatable bonds is 6. The Kier molecular flexibility index (Phi) is 7.36. The maximum atomic E-state index is 13.2. The Bertz CT molecular complexity index is 985. The molecule has 184 valence electrons. The van der Waals surface area contributed by atoms with E-state index in [4.69, 9.17) is 9.15 Å². The quantitative estimate of drug-likeness (QED) is 0.567. The van der Waals surface area contributed by atoms with E-state index in [-0.39, 0.29) is 22.7 Å². The van der Waals surface area contributed by atoms with Crippen molar-refractivity contribution < 1.29 is 19.4 Å². The largest absolute Gasteiger partial charge is 0.468 e. The number of fused-ring (bicyclic) bond motifs is 1. The molecule has 0 aliphatic heterocycles. The highest BCUT2D eigenvalue weighted by Crippen LogP contribution is 2.62.